The Kier molecular flexibility index (Phi) is 5.82. The molecular formula is C19H24N2O3. The molecule has 0 aliphatic heterocycles. The van der Waals surface area contributed by atoms with Gasteiger partial charge in [0.25, 0.3) is 0 Å². The number of urea groups is 1. The Morgan fingerprint density at radius 2 is 1.92 bits per heavy atom. The van der Waals surface area contributed by atoms with Crippen molar-refractivity contribution in [3.05, 3.63) is 59.7 Å². The number of ether oxygens (including phenoxy) is 1. The molecule has 0 saturated heterocycles. The lowest BCUT2D eigenvalue weighted by atomic mass is 9.96. The first kappa shape index (κ1) is 17.8. The lowest BCUT2D eigenvalue weighted by Gasteiger charge is -2.24. The normalized spacial score (nSPS) is 13.0. The van der Waals surface area contributed by atoms with E-state index >= 15 is 0 Å². The van der Waals surface area contributed by atoms with E-state index in [0.717, 1.165) is 22.6 Å². The number of anilines is 1. The van der Waals surface area contributed by atoms with Crippen LogP contribution in [0.15, 0.2) is 48.5 Å². The maximum atomic E-state index is 12.0. The molecule has 5 heteroatoms. The van der Waals surface area contributed by atoms with Crippen molar-refractivity contribution in [2.45, 2.75) is 25.9 Å². The highest BCUT2D eigenvalue weighted by atomic mass is 16.5. The Balaban J connectivity index is 1.85. The van der Waals surface area contributed by atoms with Gasteiger partial charge in [-0.2, -0.15) is 0 Å². The van der Waals surface area contributed by atoms with Crippen molar-refractivity contribution in [2.24, 2.45) is 0 Å². The van der Waals surface area contributed by atoms with Crippen molar-refractivity contribution in [3.63, 3.8) is 0 Å². The zero-order chi connectivity index (χ0) is 17.6. The third-order valence-corrected chi connectivity index (χ3v) is 3.65. The van der Waals surface area contributed by atoms with E-state index < -0.39 is 5.60 Å². The van der Waals surface area contributed by atoms with Crippen molar-refractivity contribution < 1.29 is 14.6 Å². The number of carbonyl (C=O) groups is 1. The van der Waals surface area contributed by atoms with E-state index in [2.05, 4.69) is 10.6 Å². The highest BCUT2D eigenvalue weighted by Crippen LogP contribution is 2.17. The van der Waals surface area contributed by atoms with Gasteiger partial charge in [0.15, 0.2) is 0 Å². The molecule has 0 bridgehead atoms. The van der Waals surface area contributed by atoms with Crippen LogP contribution in [0, 0.1) is 6.92 Å². The first-order chi connectivity index (χ1) is 11.4. The van der Waals surface area contributed by atoms with Crippen molar-refractivity contribution in [2.75, 3.05) is 19.0 Å². The fourth-order valence-corrected chi connectivity index (χ4v) is 2.41. The molecular weight excluding hydrogens is 304 g/mol. The fraction of sp³-hybridized carbons (Fsp3) is 0.316. The molecule has 2 aromatic rings. The van der Waals surface area contributed by atoms with E-state index in [1.165, 1.54) is 0 Å². The summed E-state index contributed by atoms with van der Waals surface area (Å²) in [7, 11) is 1.61. The van der Waals surface area contributed by atoms with E-state index in [0.29, 0.717) is 6.42 Å². The van der Waals surface area contributed by atoms with Gasteiger partial charge in [-0.05, 0) is 49.2 Å². The second kappa shape index (κ2) is 7.84. The standard InChI is InChI=1S/C19H24N2O3/c1-14-5-4-6-16(11-14)21-18(22)20-13-19(2,23)12-15-7-9-17(24-3)10-8-15/h4-11,23H,12-13H2,1-3H3,(H2,20,21,22)/t19-/m1/s1. The number of carbonyl (C=O) groups excluding carboxylic acids is 1. The smallest absolute Gasteiger partial charge is 0.319 e. The topological polar surface area (TPSA) is 70.6 Å². The van der Waals surface area contributed by atoms with Gasteiger partial charge in [-0.15, -0.1) is 0 Å². The summed E-state index contributed by atoms with van der Waals surface area (Å²) in [6, 6.07) is 14.7. The average molecular weight is 328 g/mol. The Hall–Kier alpha value is -2.53. The summed E-state index contributed by atoms with van der Waals surface area (Å²) < 4.78 is 5.12. The maximum Gasteiger partial charge on any atom is 0.319 e. The molecule has 128 valence electrons. The van der Waals surface area contributed by atoms with E-state index in [1.807, 2.05) is 55.5 Å². The quantitative estimate of drug-likeness (QED) is 0.763. The van der Waals surface area contributed by atoms with E-state index in [9.17, 15) is 9.90 Å². The number of methoxy groups -OCH3 is 1. The zero-order valence-electron chi connectivity index (χ0n) is 14.3. The summed E-state index contributed by atoms with van der Waals surface area (Å²) in [6.07, 6.45) is 0.432. The summed E-state index contributed by atoms with van der Waals surface area (Å²) in [5.41, 5.74) is 1.72. The number of hydrogen-bond donors (Lipinski definition) is 3. The number of aliphatic hydroxyl groups is 1. The van der Waals surface area contributed by atoms with Crippen LogP contribution in [0.5, 0.6) is 5.75 Å². The molecule has 0 aromatic heterocycles. The lowest BCUT2D eigenvalue weighted by Crippen LogP contribution is -2.43. The molecule has 0 aliphatic rings. The van der Waals surface area contributed by atoms with Crippen molar-refractivity contribution in [1.82, 2.24) is 5.32 Å². The summed E-state index contributed by atoms with van der Waals surface area (Å²) in [6.45, 7) is 3.81. The third kappa shape index (κ3) is 5.59. The Bertz CT molecular complexity index is 681. The molecule has 0 unspecified atom stereocenters. The largest absolute Gasteiger partial charge is 0.497 e. The minimum absolute atomic E-state index is 0.149. The van der Waals surface area contributed by atoms with Crippen LogP contribution in [0.25, 0.3) is 0 Å². The van der Waals surface area contributed by atoms with Gasteiger partial charge in [0.05, 0.1) is 12.7 Å². The van der Waals surface area contributed by atoms with E-state index in [1.54, 1.807) is 14.0 Å². The lowest BCUT2D eigenvalue weighted by molar-refractivity contribution is 0.0629. The van der Waals surface area contributed by atoms with Gasteiger partial charge < -0.3 is 20.5 Å². The summed E-state index contributed by atoms with van der Waals surface area (Å²) >= 11 is 0. The molecule has 0 spiro atoms. The number of hydrogen-bond acceptors (Lipinski definition) is 3. The Morgan fingerprint density at radius 3 is 2.54 bits per heavy atom. The van der Waals surface area contributed by atoms with Gasteiger partial charge in [-0.3, -0.25) is 0 Å². The van der Waals surface area contributed by atoms with Gasteiger partial charge in [0, 0.05) is 18.7 Å². The summed E-state index contributed by atoms with van der Waals surface area (Å²) in [5, 5.41) is 15.9. The molecule has 0 heterocycles. The highest BCUT2D eigenvalue weighted by Gasteiger charge is 2.22. The third-order valence-electron chi connectivity index (χ3n) is 3.65. The first-order valence-corrected chi connectivity index (χ1v) is 7.85. The van der Waals surface area contributed by atoms with E-state index in [4.69, 9.17) is 4.74 Å². The van der Waals surface area contributed by atoms with Crippen molar-refractivity contribution in [1.29, 1.82) is 0 Å². The van der Waals surface area contributed by atoms with Crippen LogP contribution in [0.1, 0.15) is 18.1 Å². The van der Waals surface area contributed by atoms with Gasteiger partial charge in [0.2, 0.25) is 0 Å². The second-order valence-electron chi connectivity index (χ2n) is 6.20. The van der Waals surface area contributed by atoms with Gasteiger partial charge in [-0.25, -0.2) is 4.79 Å². The summed E-state index contributed by atoms with van der Waals surface area (Å²) in [4.78, 5) is 12.0. The maximum absolute atomic E-state index is 12.0. The van der Waals surface area contributed by atoms with Gasteiger partial charge in [0.1, 0.15) is 5.75 Å². The summed E-state index contributed by atoms with van der Waals surface area (Å²) in [5.74, 6) is 0.772. The number of amides is 2. The minimum Gasteiger partial charge on any atom is -0.497 e. The minimum atomic E-state index is -1.04. The molecule has 24 heavy (non-hydrogen) atoms. The molecule has 0 fully saturated rings. The molecule has 5 nitrogen and oxygen atoms in total. The molecule has 2 aromatic carbocycles. The second-order valence-corrected chi connectivity index (χ2v) is 6.20. The van der Waals surface area contributed by atoms with Crippen LogP contribution in [0.3, 0.4) is 0 Å². The fourth-order valence-electron chi connectivity index (χ4n) is 2.41. The van der Waals surface area contributed by atoms with Gasteiger partial charge in [-0.1, -0.05) is 24.3 Å². The molecule has 0 saturated carbocycles. The van der Waals surface area contributed by atoms with Crippen LogP contribution in [0.4, 0.5) is 10.5 Å². The van der Waals surface area contributed by atoms with Crippen LogP contribution in [-0.2, 0) is 6.42 Å². The van der Waals surface area contributed by atoms with Gasteiger partial charge >= 0.3 is 6.03 Å². The first-order valence-electron chi connectivity index (χ1n) is 7.85. The number of nitrogens with one attached hydrogen (secondary N) is 2. The molecule has 2 rings (SSSR count). The van der Waals surface area contributed by atoms with Crippen LogP contribution < -0.4 is 15.4 Å². The molecule has 0 aliphatic carbocycles. The van der Waals surface area contributed by atoms with Crippen LogP contribution in [0.2, 0.25) is 0 Å². The van der Waals surface area contributed by atoms with Crippen LogP contribution >= 0.6 is 0 Å². The molecule has 1 atom stereocenters. The number of aryl methyl sites for hydroxylation is 1. The Morgan fingerprint density at radius 1 is 1.21 bits per heavy atom. The number of benzene rings is 2. The average Bonchev–Trinajstić information content (AvgIpc) is 2.53. The molecule has 3 N–H and O–H groups in total. The Labute approximate surface area is 142 Å². The molecule has 0 radical (unpaired) electrons. The SMILES string of the molecule is COc1ccc(C[C@@](C)(O)CNC(=O)Nc2cccc(C)c2)cc1. The van der Waals surface area contributed by atoms with Crippen LogP contribution in [-0.4, -0.2) is 30.4 Å². The van der Waals surface area contributed by atoms with Crippen molar-refractivity contribution >= 4 is 11.7 Å². The highest BCUT2D eigenvalue weighted by molar-refractivity contribution is 5.89. The van der Waals surface area contributed by atoms with E-state index in [-0.39, 0.29) is 12.6 Å². The van der Waals surface area contributed by atoms with Crippen molar-refractivity contribution in [3.8, 4) is 5.75 Å². The predicted molar refractivity (Wildman–Crippen MR) is 95.5 cm³/mol. The monoisotopic (exact) mass is 328 g/mol. The molecule has 2 amide bonds. The zero-order valence-corrected chi connectivity index (χ0v) is 14.3. The predicted octanol–water partition coefficient (Wildman–Crippen LogP) is 3.12. The number of rotatable bonds is 6.